The van der Waals surface area contributed by atoms with E-state index in [0.717, 1.165) is 17.5 Å². The summed E-state index contributed by atoms with van der Waals surface area (Å²) in [7, 11) is 0. The van der Waals surface area contributed by atoms with Gasteiger partial charge in [0, 0.05) is 23.7 Å². The molecule has 0 bridgehead atoms. The first-order valence-electron chi connectivity index (χ1n) is 8.32. The number of anilines is 1. The molecular weight excluding hydrogens is 352 g/mol. The standard InChI is InChI=1S/C19H19ClN4O2/c1-2-17-23-18(26-24-17)11-13-5-9-16(10-6-13)22-19(25)21-12-14-3-7-15(20)8-4-14/h3-10H,2,11-12H2,1H3,(H2,21,22,25). The first-order chi connectivity index (χ1) is 12.6. The number of nitrogens with one attached hydrogen (secondary N) is 2. The largest absolute Gasteiger partial charge is 0.339 e. The van der Waals surface area contributed by atoms with Gasteiger partial charge in [0.05, 0.1) is 6.42 Å². The Balaban J connectivity index is 1.50. The maximum atomic E-state index is 12.0. The van der Waals surface area contributed by atoms with Gasteiger partial charge in [-0.25, -0.2) is 4.79 Å². The van der Waals surface area contributed by atoms with Crippen molar-refractivity contribution in [1.82, 2.24) is 15.5 Å². The molecule has 0 aliphatic heterocycles. The van der Waals surface area contributed by atoms with Gasteiger partial charge in [-0.1, -0.05) is 47.9 Å². The summed E-state index contributed by atoms with van der Waals surface area (Å²) in [5.41, 5.74) is 2.72. The molecule has 0 spiro atoms. The molecule has 2 N–H and O–H groups in total. The van der Waals surface area contributed by atoms with Crippen LogP contribution in [0, 0.1) is 0 Å². The minimum absolute atomic E-state index is 0.266. The number of rotatable bonds is 6. The Morgan fingerprint density at radius 1 is 1.08 bits per heavy atom. The van der Waals surface area contributed by atoms with Crippen LogP contribution in [0.4, 0.5) is 10.5 Å². The number of aromatic nitrogens is 2. The minimum Gasteiger partial charge on any atom is -0.339 e. The quantitative estimate of drug-likeness (QED) is 0.681. The van der Waals surface area contributed by atoms with Gasteiger partial charge in [0.2, 0.25) is 5.89 Å². The molecule has 134 valence electrons. The molecule has 0 aliphatic rings. The number of amides is 2. The van der Waals surface area contributed by atoms with Gasteiger partial charge in [0.1, 0.15) is 0 Å². The van der Waals surface area contributed by atoms with E-state index in [1.54, 1.807) is 12.1 Å². The van der Waals surface area contributed by atoms with Gasteiger partial charge >= 0.3 is 6.03 Å². The van der Waals surface area contributed by atoms with Crippen LogP contribution < -0.4 is 10.6 Å². The predicted octanol–water partition coefficient (Wildman–Crippen LogP) is 4.20. The molecule has 0 saturated carbocycles. The highest BCUT2D eigenvalue weighted by Gasteiger charge is 2.07. The first-order valence-corrected chi connectivity index (χ1v) is 8.70. The third-order valence-electron chi connectivity index (χ3n) is 3.76. The molecule has 7 heteroatoms. The number of hydrogen-bond acceptors (Lipinski definition) is 4. The Labute approximate surface area is 156 Å². The van der Waals surface area contributed by atoms with Crippen LogP contribution in [0.15, 0.2) is 53.1 Å². The second-order valence-corrected chi connectivity index (χ2v) is 6.20. The molecule has 3 rings (SSSR count). The Morgan fingerprint density at radius 2 is 1.77 bits per heavy atom. The van der Waals surface area contributed by atoms with E-state index in [-0.39, 0.29) is 6.03 Å². The molecule has 2 aromatic carbocycles. The molecule has 1 heterocycles. The van der Waals surface area contributed by atoms with Crippen molar-refractivity contribution in [3.8, 4) is 0 Å². The summed E-state index contributed by atoms with van der Waals surface area (Å²) in [6.45, 7) is 2.41. The van der Waals surface area contributed by atoms with Crippen molar-refractivity contribution < 1.29 is 9.32 Å². The van der Waals surface area contributed by atoms with Crippen LogP contribution >= 0.6 is 11.6 Å². The molecule has 0 atom stereocenters. The van der Waals surface area contributed by atoms with Crippen LogP contribution in [0.25, 0.3) is 0 Å². The maximum absolute atomic E-state index is 12.0. The van der Waals surface area contributed by atoms with E-state index in [1.165, 1.54) is 0 Å². The fourth-order valence-electron chi connectivity index (χ4n) is 2.35. The highest BCUT2D eigenvalue weighted by molar-refractivity contribution is 6.30. The summed E-state index contributed by atoms with van der Waals surface area (Å²) in [4.78, 5) is 16.3. The predicted molar refractivity (Wildman–Crippen MR) is 100 cm³/mol. The van der Waals surface area contributed by atoms with Crippen molar-refractivity contribution in [3.05, 3.63) is 76.4 Å². The highest BCUT2D eigenvalue weighted by Crippen LogP contribution is 2.13. The van der Waals surface area contributed by atoms with Crippen molar-refractivity contribution in [3.63, 3.8) is 0 Å². The number of carbonyl (C=O) groups excluding carboxylic acids is 1. The molecule has 0 saturated heterocycles. The summed E-state index contributed by atoms with van der Waals surface area (Å²) < 4.78 is 5.19. The van der Waals surface area contributed by atoms with E-state index in [9.17, 15) is 4.79 Å². The number of halogens is 1. The van der Waals surface area contributed by atoms with Crippen LogP contribution in [0.5, 0.6) is 0 Å². The first kappa shape index (κ1) is 17.9. The zero-order valence-electron chi connectivity index (χ0n) is 14.3. The average Bonchev–Trinajstić information content (AvgIpc) is 3.10. The second-order valence-electron chi connectivity index (χ2n) is 5.77. The molecule has 0 unspecified atom stereocenters. The Hall–Kier alpha value is -2.86. The summed E-state index contributed by atoms with van der Waals surface area (Å²) >= 11 is 5.84. The van der Waals surface area contributed by atoms with Gasteiger partial charge in [-0.3, -0.25) is 0 Å². The van der Waals surface area contributed by atoms with Crippen molar-refractivity contribution in [2.24, 2.45) is 0 Å². The van der Waals surface area contributed by atoms with E-state index in [1.807, 2.05) is 43.3 Å². The summed E-state index contributed by atoms with van der Waals surface area (Å²) in [6, 6.07) is 14.6. The van der Waals surface area contributed by atoms with Crippen LogP contribution in [0.3, 0.4) is 0 Å². The van der Waals surface area contributed by atoms with Gasteiger partial charge in [-0.2, -0.15) is 4.98 Å². The zero-order valence-corrected chi connectivity index (χ0v) is 15.1. The molecule has 2 amide bonds. The summed E-state index contributed by atoms with van der Waals surface area (Å²) in [5.74, 6) is 1.29. The van der Waals surface area contributed by atoms with Gasteiger partial charge in [-0.15, -0.1) is 0 Å². The Kier molecular flexibility index (Phi) is 5.86. The lowest BCUT2D eigenvalue weighted by Gasteiger charge is -2.08. The molecule has 6 nitrogen and oxygen atoms in total. The molecule has 0 fully saturated rings. The van der Waals surface area contributed by atoms with E-state index in [2.05, 4.69) is 20.8 Å². The third kappa shape index (κ3) is 5.07. The SMILES string of the molecule is CCc1noc(Cc2ccc(NC(=O)NCc3ccc(Cl)cc3)cc2)n1. The maximum Gasteiger partial charge on any atom is 0.319 e. The minimum atomic E-state index is -0.266. The number of carbonyl (C=O) groups is 1. The lowest BCUT2D eigenvalue weighted by Crippen LogP contribution is -2.28. The van der Waals surface area contributed by atoms with Crippen LogP contribution in [-0.4, -0.2) is 16.2 Å². The van der Waals surface area contributed by atoms with E-state index < -0.39 is 0 Å². The monoisotopic (exact) mass is 370 g/mol. The lowest BCUT2D eigenvalue weighted by molar-refractivity contribution is 0.251. The van der Waals surface area contributed by atoms with Crippen molar-refractivity contribution >= 4 is 23.3 Å². The number of urea groups is 1. The molecule has 1 aromatic heterocycles. The van der Waals surface area contributed by atoms with Crippen LogP contribution in [0.1, 0.15) is 29.8 Å². The summed E-state index contributed by atoms with van der Waals surface area (Å²) in [6.07, 6.45) is 1.31. The van der Waals surface area contributed by atoms with E-state index >= 15 is 0 Å². The molecule has 26 heavy (non-hydrogen) atoms. The Morgan fingerprint density at radius 3 is 2.42 bits per heavy atom. The van der Waals surface area contributed by atoms with Gasteiger partial charge < -0.3 is 15.2 Å². The molecular formula is C19H19ClN4O2. The van der Waals surface area contributed by atoms with Gasteiger partial charge in [0.25, 0.3) is 0 Å². The van der Waals surface area contributed by atoms with E-state index in [0.29, 0.717) is 35.4 Å². The average molecular weight is 371 g/mol. The number of hydrogen-bond donors (Lipinski definition) is 2. The van der Waals surface area contributed by atoms with Gasteiger partial charge in [-0.05, 0) is 35.4 Å². The van der Waals surface area contributed by atoms with Gasteiger partial charge in [0.15, 0.2) is 5.82 Å². The second kappa shape index (κ2) is 8.49. The molecule has 3 aromatic rings. The fraction of sp³-hybridized carbons (Fsp3) is 0.211. The zero-order chi connectivity index (χ0) is 18.4. The Bertz CT molecular complexity index is 860. The van der Waals surface area contributed by atoms with E-state index in [4.69, 9.17) is 16.1 Å². The highest BCUT2D eigenvalue weighted by atomic mass is 35.5. The smallest absolute Gasteiger partial charge is 0.319 e. The fourth-order valence-corrected chi connectivity index (χ4v) is 2.47. The summed E-state index contributed by atoms with van der Waals surface area (Å²) in [5, 5.41) is 10.2. The van der Waals surface area contributed by atoms with Crippen LogP contribution in [-0.2, 0) is 19.4 Å². The number of nitrogens with zero attached hydrogens (tertiary/aromatic N) is 2. The van der Waals surface area contributed by atoms with Crippen molar-refractivity contribution in [2.45, 2.75) is 26.3 Å². The topological polar surface area (TPSA) is 80.0 Å². The van der Waals surface area contributed by atoms with Crippen LogP contribution in [0.2, 0.25) is 5.02 Å². The third-order valence-corrected chi connectivity index (χ3v) is 4.01. The molecule has 0 radical (unpaired) electrons. The normalized spacial score (nSPS) is 10.5. The number of aryl methyl sites for hydroxylation is 1. The molecule has 0 aliphatic carbocycles. The van der Waals surface area contributed by atoms with Crippen molar-refractivity contribution in [2.75, 3.05) is 5.32 Å². The lowest BCUT2D eigenvalue weighted by atomic mass is 10.1. The van der Waals surface area contributed by atoms with Crippen molar-refractivity contribution in [1.29, 1.82) is 0 Å². The number of benzene rings is 2.